The standard InChI is InChI=1S/C22H25N5O2/c1-14-11-15(13-23)12-18(28)20(14)17-7-8-19-21(26-17)27-22(29-19)25-16-5-2-3-9-24-10-4-6-16/h7-8,11-12,16,24,28H,2-6,9-10H2,1H3,(H,25,26,27)/t16-/m0/s1. The lowest BCUT2D eigenvalue weighted by molar-refractivity contribution is 0.476. The van der Waals surface area contributed by atoms with E-state index in [-0.39, 0.29) is 5.75 Å². The van der Waals surface area contributed by atoms with Crippen molar-refractivity contribution in [2.45, 2.75) is 45.1 Å². The van der Waals surface area contributed by atoms with Gasteiger partial charge in [0.1, 0.15) is 5.75 Å². The molecule has 29 heavy (non-hydrogen) atoms. The second-order valence-electron chi connectivity index (χ2n) is 7.57. The third-order valence-electron chi connectivity index (χ3n) is 5.34. The summed E-state index contributed by atoms with van der Waals surface area (Å²) in [6.45, 7) is 3.98. The number of aromatic nitrogens is 2. The molecule has 7 nitrogen and oxygen atoms in total. The number of rotatable bonds is 3. The molecule has 1 saturated heterocycles. The number of nitrogens with zero attached hydrogens (tertiary/aromatic N) is 3. The number of hydrogen-bond acceptors (Lipinski definition) is 7. The van der Waals surface area contributed by atoms with E-state index in [4.69, 9.17) is 9.68 Å². The van der Waals surface area contributed by atoms with Crippen LogP contribution in [0.25, 0.3) is 22.5 Å². The van der Waals surface area contributed by atoms with E-state index in [2.05, 4.69) is 26.7 Å². The first kappa shape index (κ1) is 19.2. The molecule has 1 fully saturated rings. The fourth-order valence-electron chi connectivity index (χ4n) is 3.89. The third-order valence-corrected chi connectivity index (χ3v) is 5.34. The van der Waals surface area contributed by atoms with Crippen molar-refractivity contribution in [1.29, 1.82) is 5.26 Å². The Hall–Kier alpha value is -3.11. The van der Waals surface area contributed by atoms with Crippen molar-refractivity contribution in [2.24, 2.45) is 0 Å². The summed E-state index contributed by atoms with van der Waals surface area (Å²) in [7, 11) is 0. The number of aryl methyl sites for hydroxylation is 1. The number of aromatic hydroxyl groups is 1. The maximum atomic E-state index is 10.4. The first-order chi connectivity index (χ1) is 14.1. The van der Waals surface area contributed by atoms with Crippen molar-refractivity contribution >= 4 is 17.2 Å². The lowest BCUT2D eigenvalue weighted by Crippen LogP contribution is -2.20. The number of pyridine rings is 1. The Balaban J connectivity index is 1.59. The van der Waals surface area contributed by atoms with Crippen LogP contribution in [0.15, 0.2) is 28.7 Å². The van der Waals surface area contributed by atoms with Gasteiger partial charge in [-0.05, 0) is 75.5 Å². The SMILES string of the molecule is Cc1cc(C#N)cc(O)c1-c1ccc2oc(N[C@H]3CCCCNCCC3)nc2n1. The smallest absolute Gasteiger partial charge is 0.297 e. The van der Waals surface area contributed by atoms with Crippen LogP contribution in [-0.4, -0.2) is 34.2 Å². The quantitative estimate of drug-likeness (QED) is 0.617. The molecule has 1 aliphatic heterocycles. The van der Waals surface area contributed by atoms with Gasteiger partial charge in [-0.2, -0.15) is 10.2 Å². The lowest BCUT2D eigenvalue weighted by Gasteiger charge is -2.15. The van der Waals surface area contributed by atoms with E-state index in [1.165, 1.54) is 18.9 Å². The van der Waals surface area contributed by atoms with Crippen LogP contribution in [0, 0.1) is 18.3 Å². The Morgan fingerprint density at radius 1 is 1.17 bits per heavy atom. The molecule has 150 valence electrons. The summed E-state index contributed by atoms with van der Waals surface area (Å²) in [5.41, 5.74) is 3.51. The molecule has 7 heteroatoms. The van der Waals surface area contributed by atoms with Gasteiger partial charge in [0.2, 0.25) is 5.65 Å². The van der Waals surface area contributed by atoms with Gasteiger partial charge in [0, 0.05) is 11.6 Å². The summed E-state index contributed by atoms with van der Waals surface area (Å²) in [4.78, 5) is 9.11. The zero-order valence-electron chi connectivity index (χ0n) is 16.5. The molecule has 0 saturated carbocycles. The number of phenols is 1. The number of benzene rings is 1. The van der Waals surface area contributed by atoms with E-state index in [0.29, 0.717) is 40.1 Å². The van der Waals surface area contributed by atoms with Crippen molar-refractivity contribution < 1.29 is 9.52 Å². The fourth-order valence-corrected chi connectivity index (χ4v) is 3.89. The van der Waals surface area contributed by atoms with Gasteiger partial charge in [-0.15, -0.1) is 0 Å². The van der Waals surface area contributed by atoms with Crippen LogP contribution in [-0.2, 0) is 0 Å². The summed E-state index contributed by atoms with van der Waals surface area (Å²) in [5.74, 6) is 0.0365. The van der Waals surface area contributed by atoms with Gasteiger partial charge in [0.15, 0.2) is 5.58 Å². The van der Waals surface area contributed by atoms with Gasteiger partial charge in [-0.1, -0.05) is 6.42 Å². The summed E-state index contributed by atoms with van der Waals surface area (Å²) in [5, 5.41) is 26.3. The molecule has 3 aromatic rings. The number of hydrogen-bond donors (Lipinski definition) is 3. The maximum Gasteiger partial charge on any atom is 0.297 e. The molecular formula is C22H25N5O2. The highest BCUT2D eigenvalue weighted by Gasteiger charge is 2.17. The topological polar surface area (TPSA) is 107 Å². The van der Waals surface area contributed by atoms with Gasteiger partial charge in [0.25, 0.3) is 6.01 Å². The van der Waals surface area contributed by atoms with Crippen LogP contribution < -0.4 is 10.6 Å². The van der Waals surface area contributed by atoms with Crippen molar-refractivity contribution in [3.63, 3.8) is 0 Å². The maximum absolute atomic E-state index is 10.4. The predicted molar refractivity (Wildman–Crippen MR) is 112 cm³/mol. The number of nitrogens with one attached hydrogen (secondary N) is 2. The lowest BCUT2D eigenvalue weighted by atomic mass is 10.0. The van der Waals surface area contributed by atoms with Crippen molar-refractivity contribution in [1.82, 2.24) is 15.3 Å². The Bertz CT molecular complexity index is 1020. The van der Waals surface area contributed by atoms with E-state index in [1.807, 2.05) is 13.0 Å². The second kappa shape index (κ2) is 8.50. The van der Waals surface area contributed by atoms with Gasteiger partial charge in [-0.3, -0.25) is 0 Å². The molecule has 0 unspecified atom stereocenters. The van der Waals surface area contributed by atoms with Crippen LogP contribution in [0.2, 0.25) is 0 Å². The largest absolute Gasteiger partial charge is 0.507 e. The first-order valence-corrected chi connectivity index (χ1v) is 10.1. The monoisotopic (exact) mass is 391 g/mol. The van der Waals surface area contributed by atoms with Gasteiger partial charge >= 0.3 is 0 Å². The molecule has 1 aromatic carbocycles. The minimum absolute atomic E-state index is 0.0365. The summed E-state index contributed by atoms with van der Waals surface area (Å²) in [6.07, 6.45) is 5.65. The predicted octanol–water partition coefficient (Wildman–Crippen LogP) is 4.11. The average molecular weight is 391 g/mol. The summed E-state index contributed by atoms with van der Waals surface area (Å²) in [6, 6.07) is 9.70. The Morgan fingerprint density at radius 2 is 2.00 bits per heavy atom. The fraction of sp³-hybridized carbons (Fsp3) is 0.409. The molecule has 4 rings (SSSR count). The number of phenolic OH excluding ortho intramolecular Hbond substituents is 1. The van der Waals surface area contributed by atoms with Crippen LogP contribution in [0.4, 0.5) is 6.01 Å². The molecule has 0 radical (unpaired) electrons. The van der Waals surface area contributed by atoms with Crippen LogP contribution >= 0.6 is 0 Å². The second-order valence-corrected chi connectivity index (χ2v) is 7.57. The zero-order chi connectivity index (χ0) is 20.2. The van der Waals surface area contributed by atoms with Gasteiger partial charge in [0.05, 0.1) is 17.3 Å². The molecular weight excluding hydrogens is 366 g/mol. The average Bonchev–Trinajstić information content (AvgIpc) is 3.15. The zero-order valence-corrected chi connectivity index (χ0v) is 16.5. The van der Waals surface area contributed by atoms with Crippen LogP contribution in [0.1, 0.15) is 43.2 Å². The number of oxazole rings is 1. The number of nitriles is 1. The Kier molecular flexibility index (Phi) is 5.63. The number of fused-ring (bicyclic) bond motifs is 1. The molecule has 3 N–H and O–H groups in total. The highest BCUT2D eigenvalue weighted by molar-refractivity contribution is 5.78. The molecule has 2 aromatic heterocycles. The summed E-state index contributed by atoms with van der Waals surface area (Å²) >= 11 is 0. The van der Waals surface area contributed by atoms with E-state index in [1.54, 1.807) is 12.1 Å². The molecule has 0 bridgehead atoms. The highest BCUT2D eigenvalue weighted by atomic mass is 16.4. The Morgan fingerprint density at radius 3 is 2.83 bits per heavy atom. The van der Waals surface area contributed by atoms with Crippen molar-refractivity contribution in [3.05, 3.63) is 35.4 Å². The molecule has 0 amide bonds. The molecule has 3 heterocycles. The highest BCUT2D eigenvalue weighted by Crippen LogP contribution is 2.33. The molecule has 1 aliphatic rings. The first-order valence-electron chi connectivity index (χ1n) is 10.1. The third kappa shape index (κ3) is 4.33. The number of anilines is 1. The van der Waals surface area contributed by atoms with Gasteiger partial charge in [-0.25, -0.2) is 4.98 Å². The minimum atomic E-state index is 0.0365. The van der Waals surface area contributed by atoms with E-state index >= 15 is 0 Å². The molecule has 1 atom stereocenters. The minimum Gasteiger partial charge on any atom is -0.507 e. The van der Waals surface area contributed by atoms with Gasteiger partial charge < -0.3 is 20.2 Å². The van der Waals surface area contributed by atoms with E-state index in [9.17, 15) is 5.11 Å². The van der Waals surface area contributed by atoms with Crippen molar-refractivity contribution in [3.8, 4) is 23.1 Å². The van der Waals surface area contributed by atoms with E-state index < -0.39 is 0 Å². The molecule has 0 spiro atoms. The van der Waals surface area contributed by atoms with Crippen LogP contribution in [0.5, 0.6) is 5.75 Å². The van der Waals surface area contributed by atoms with Crippen molar-refractivity contribution in [2.75, 3.05) is 18.4 Å². The normalized spacial score (nSPS) is 17.9. The molecule has 0 aliphatic carbocycles. The van der Waals surface area contributed by atoms with E-state index in [0.717, 1.165) is 37.9 Å². The summed E-state index contributed by atoms with van der Waals surface area (Å²) < 4.78 is 5.86. The van der Waals surface area contributed by atoms with Crippen LogP contribution in [0.3, 0.4) is 0 Å². The Labute approximate surface area is 169 Å².